The molecule has 0 amide bonds. The van der Waals surface area contributed by atoms with Crippen molar-refractivity contribution in [1.82, 2.24) is 0 Å². The van der Waals surface area contributed by atoms with Gasteiger partial charge in [-0.1, -0.05) is 30.2 Å². The summed E-state index contributed by atoms with van der Waals surface area (Å²) in [6.45, 7) is 4.01. The Hall–Kier alpha value is -1.51. The van der Waals surface area contributed by atoms with Crippen LogP contribution >= 0.6 is 11.3 Å². The second kappa shape index (κ2) is 3.93. The third kappa shape index (κ3) is 1.69. The van der Waals surface area contributed by atoms with Crippen LogP contribution in [0, 0.1) is 6.92 Å². The number of hydrogen-bond acceptors (Lipinski definition) is 2. The Labute approximate surface area is 92.0 Å². The van der Waals surface area contributed by atoms with Gasteiger partial charge in [0, 0.05) is 14.5 Å². The summed E-state index contributed by atoms with van der Waals surface area (Å²) in [5.41, 5.74) is 9.66. The van der Waals surface area contributed by atoms with E-state index in [9.17, 15) is 0 Å². The molecule has 0 N–H and O–H groups in total. The van der Waals surface area contributed by atoms with Crippen LogP contribution in [0.15, 0.2) is 29.4 Å². The maximum absolute atomic E-state index is 8.43. The van der Waals surface area contributed by atoms with Gasteiger partial charge in [-0.25, -0.2) is 0 Å². The maximum Gasteiger partial charge on any atom is 0.0693 e. The van der Waals surface area contributed by atoms with Crippen LogP contribution in [0.3, 0.4) is 0 Å². The highest BCUT2D eigenvalue weighted by Gasteiger charge is 2.12. The standard InChI is InChI=1S/C11H11N3S/c1-7-9-5-3-4-6-10(9)15-11(7)8(2)13-14-12/h3-6,8H,1-2H3. The topological polar surface area (TPSA) is 48.8 Å². The van der Waals surface area contributed by atoms with E-state index in [0.717, 1.165) is 4.88 Å². The smallest absolute Gasteiger partial charge is 0.0693 e. The number of hydrogen-bond donors (Lipinski definition) is 0. The number of thiophene rings is 1. The first-order valence-corrected chi connectivity index (χ1v) is 5.58. The van der Waals surface area contributed by atoms with Gasteiger partial charge in [-0.3, -0.25) is 0 Å². The molecular formula is C11H11N3S. The highest BCUT2D eigenvalue weighted by atomic mass is 32.1. The molecule has 0 bridgehead atoms. The van der Waals surface area contributed by atoms with Crippen LogP contribution < -0.4 is 0 Å². The van der Waals surface area contributed by atoms with Crippen molar-refractivity contribution < 1.29 is 0 Å². The maximum atomic E-state index is 8.43. The molecule has 2 aromatic rings. The van der Waals surface area contributed by atoms with Crippen LogP contribution in [0.1, 0.15) is 23.4 Å². The van der Waals surface area contributed by atoms with Crippen LogP contribution in [0.2, 0.25) is 0 Å². The molecule has 76 valence electrons. The lowest BCUT2D eigenvalue weighted by Crippen LogP contribution is -1.85. The first-order valence-electron chi connectivity index (χ1n) is 4.76. The summed E-state index contributed by atoms with van der Waals surface area (Å²) in [5.74, 6) is 0. The van der Waals surface area contributed by atoms with Gasteiger partial charge in [0.1, 0.15) is 0 Å². The van der Waals surface area contributed by atoms with Gasteiger partial charge in [-0.2, -0.15) is 0 Å². The molecule has 1 atom stereocenters. The fraction of sp³-hybridized carbons (Fsp3) is 0.273. The molecule has 0 aliphatic carbocycles. The van der Waals surface area contributed by atoms with Crippen LogP contribution in [0.4, 0.5) is 0 Å². The zero-order valence-corrected chi connectivity index (χ0v) is 9.45. The lowest BCUT2D eigenvalue weighted by atomic mass is 10.1. The molecule has 0 spiro atoms. The molecule has 1 unspecified atom stereocenters. The number of rotatable bonds is 2. The lowest BCUT2D eigenvalue weighted by molar-refractivity contribution is 0.821. The second-order valence-electron chi connectivity index (χ2n) is 3.47. The Morgan fingerprint density at radius 2 is 2.13 bits per heavy atom. The van der Waals surface area contributed by atoms with Crippen molar-refractivity contribution in [2.75, 3.05) is 0 Å². The Balaban J connectivity index is 2.62. The minimum Gasteiger partial charge on any atom is -0.140 e. The third-order valence-electron chi connectivity index (χ3n) is 2.48. The molecule has 0 saturated heterocycles. The summed E-state index contributed by atoms with van der Waals surface area (Å²) in [5, 5.41) is 5.00. The van der Waals surface area contributed by atoms with Crippen molar-refractivity contribution in [3.63, 3.8) is 0 Å². The number of nitrogens with zero attached hydrogens (tertiary/aromatic N) is 3. The molecule has 4 heteroatoms. The molecule has 0 aliphatic heterocycles. The second-order valence-corrected chi connectivity index (χ2v) is 4.55. The summed E-state index contributed by atoms with van der Waals surface area (Å²) in [6.07, 6.45) is 0. The zero-order valence-electron chi connectivity index (χ0n) is 8.64. The molecule has 3 nitrogen and oxygen atoms in total. The van der Waals surface area contributed by atoms with Gasteiger partial charge in [0.2, 0.25) is 0 Å². The normalized spacial score (nSPS) is 12.4. The number of aryl methyl sites for hydroxylation is 1. The molecule has 2 rings (SSSR count). The van der Waals surface area contributed by atoms with Gasteiger partial charge in [0.05, 0.1) is 6.04 Å². The molecule has 1 heterocycles. The average Bonchev–Trinajstić information content (AvgIpc) is 2.57. The Bertz CT molecular complexity index is 538. The van der Waals surface area contributed by atoms with Gasteiger partial charge in [0.25, 0.3) is 0 Å². The van der Waals surface area contributed by atoms with Crippen LogP contribution in [-0.4, -0.2) is 0 Å². The predicted molar refractivity (Wildman–Crippen MR) is 64.1 cm³/mol. The van der Waals surface area contributed by atoms with Gasteiger partial charge >= 0.3 is 0 Å². The van der Waals surface area contributed by atoms with Gasteiger partial charge < -0.3 is 0 Å². The van der Waals surface area contributed by atoms with Crippen molar-refractivity contribution in [1.29, 1.82) is 0 Å². The van der Waals surface area contributed by atoms with Crippen molar-refractivity contribution in [3.8, 4) is 0 Å². The van der Waals surface area contributed by atoms with Crippen molar-refractivity contribution in [2.45, 2.75) is 19.9 Å². The van der Waals surface area contributed by atoms with E-state index in [0.29, 0.717) is 0 Å². The number of benzene rings is 1. The first-order chi connectivity index (χ1) is 7.24. The van der Waals surface area contributed by atoms with Crippen molar-refractivity contribution in [2.24, 2.45) is 5.11 Å². The quantitative estimate of drug-likeness (QED) is 0.401. The van der Waals surface area contributed by atoms with Crippen molar-refractivity contribution in [3.05, 3.63) is 45.1 Å². The number of azide groups is 1. The zero-order chi connectivity index (χ0) is 10.8. The highest BCUT2D eigenvalue weighted by Crippen LogP contribution is 2.35. The van der Waals surface area contributed by atoms with Gasteiger partial charge in [-0.15, -0.1) is 11.3 Å². The van der Waals surface area contributed by atoms with E-state index >= 15 is 0 Å². The molecule has 1 aromatic heterocycles. The van der Waals surface area contributed by atoms with Crippen molar-refractivity contribution >= 4 is 21.4 Å². The number of fused-ring (bicyclic) bond motifs is 1. The van der Waals surface area contributed by atoms with E-state index in [1.807, 2.05) is 19.1 Å². The molecular weight excluding hydrogens is 206 g/mol. The molecule has 0 radical (unpaired) electrons. The van der Waals surface area contributed by atoms with Gasteiger partial charge in [0.15, 0.2) is 0 Å². The Morgan fingerprint density at radius 3 is 2.80 bits per heavy atom. The summed E-state index contributed by atoms with van der Waals surface area (Å²) >= 11 is 1.71. The molecule has 0 saturated carbocycles. The summed E-state index contributed by atoms with van der Waals surface area (Å²) in [7, 11) is 0. The molecule has 0 fully saturated rings. The molecule has 1 aromatic carbocycles. The average molecular weight is 217 g/mol. The predicted octanol–water partition coefficient (Wildman–Crippen LogP) is 4.58. The minimum absolute atomic E-state index is 0.0765. The lowest BCUT2D eigenvalue weighted by Gasteiger charge is -2.01. The molecule has 0 aliphatic rings. The minimum atomic E-state index is -0.0765. The van der Waals surface area contributed by atoms with Gasteiger partial charge in [-0.05, 0) is 29.5 Å². The van der Waals surface area contributed by atoms with Crippen LogP contribution in [0.5, 0.6) is 0 Å². The van der Waals surface area contributed by atoms with E-state index in [4.69, 9.17) is 5.53 Å². The van der Waals surface area contributed by atoms with E-state index < -0.39 is 0 Å². The van der Waals surface area contributed by atoms with Crippen LogP contribution in [-0.2, 0) is 0 Å². The van der Waals surface area contributed by atoms with Crippen LogP contribution in [0.25, 0.3) is 20.5 Å². The summed E-state index contributed by atoms with van der Waals surface area (Å²) in [6, 6.07) is 8.18. The Kier molecular flexibility index (Phi) is 2.62. The third-order valence-corrected chi connectivity index (χ3v) is 3.93. The summed E-state index contributed by atoms with van der Waals surface area (Å²) < 4.78 is 1.25. The van der Waals surface area contributed by atoms with E-state index in [1.54, 1.807) is 11.3 Å². The monoisotopic (exact) mass is 217 g/mol. The van der Waals surface area contributed by atoms with E-state index in [2.05, 4.69) is 29.1 Å². The highest BCUT2D eigenvalue weighted by molar-refractivity contribution is 7.19. The first kappa shape index (κ1) is 10.0. The van der Waals surface area contributed by atoms with E-state index in [-0.39, 0.29) is 6.04 Å². The largest absolute Gasteiger partial charge is 0.140 e. The molecule has 15 heavy (non-hydrogen) atoms. The summed E-state index contributed by atoms with van der Waals surface area (Å²) in [4.78, 5) is 4.02. The van der Waals surface area contributed by atoms with E-state index in [1.165, 1.54) is 15.6 Å². The fourth-order valence-corrected chi connectivity index (χ4v) is 2.92. The Morgan fingerprint density at radius 1 is 1.40 bits per heavy atom. The fourth-order valence-electron chi connectivity index (χ4n) is 1.72. The SMILES string of the molecule is Cc1c(C(C)N=[N+]=[N-])sc2ccccc12.